The summed E-state index contributed by atoms with van der Waals surface area (Å²) in [4.78, 5) is 32.1. The number of nitrogens with zero attached hydrogens (tertiary/aromatic N) is 3. The number of likely N-dealkylation sites (N-methyl/N-ethyl adjacent to an activating group) is 1. The Balaban J connectivity index is 0.000000191. The van der Waals surface area contributed by atoms with Crippen LogP contribution in [0.25, 0.3) is 5.57 Å². The second-order valence-corrected chi connectivity index (χ2v) is 14.8. The second kappa shape index (κ2) is 19.7. The normalized spacial score (nSPS) is 15.1. The van der Waals surface area contributed by atoms with E-state index in [2.05, 4.69) is 140 Å². The molecule has 10 heteroatoms. The number of para-hydroxylation sites is 2. The van der Waals surface area contributed by atoms with Gasteiger partial charge in [-0.15, -0.1) is 12.4 Å². The Hall–Kier alpha value is -3.99. The number of rotatable bonds is 7. The Morgan fingerprint density at radius 2 is 1.12 bits per heavy atom. The molecule has 0 bridgehead atoms. The molecule has 1 fully saturated rings. The molecule has 2 N–H and O–H groups in total. The summed E-state index contributed by atoms with van der Waals surface area (Å²) >= 11 is 3.78. The molecule has 3 aliphatic rings. The molecule has 0 aromatic heterocycles. The van der Waals surface area contributed by atoms with Gasteiger partial charge in [0.05, 0.1) is 11.4 Å². The number of hydrogen-bond acceptors (Lipinski definition) is 7. The van der Waals surface area contributed by atoms with Crippen molar-refractivity contribution in [1.29, 1.82) is 0 Å². The summed E-state index contributed by atoms with van der Waals surface area (Å²) in [5.41, 5.74) is 8.68. The fraction of sp³-hybridized carbons (Fsp3) is 0.286. The van der Waals surface area contributed by atoms with Gasteiger partial charge in [-0.1, -0.05) is 104 Å². The van der Waals surface area contributed by atoms with E-state index in [0.29, 0.717) is 18.2 Å². The number of benzene rings is 4. The zero-order chi connectivity index (χ0) is 36.3. The maximum Gasteiger partial charge on any atom is 0.328 e. The van der Waals surface area contributed by atoms with Crippen molar-refractivity contribution in [2.24, 2.45) is 0 Å². The van der Waals surface area contributed by atoms with Crippen molar-refractivity contribution in [3.8, 4) is 0 Å². The van der Waals surface area contributed by atoms with Crippen LogP contribution in [0.2, 0.25) is 0 Å². The molecule has 4 aromatic rings. The van der Waals surface area contributed by atoms with Crippen molar-refractivity contribution in [3.63, 3.8) is 0 Å². The summed E-state index contributed by atoms with van der Waals surface area (Å²) in [5, 5.41) is 15.6. The summed E-state index contributed by atoms with van der Waals surface area (Å²) < 4.78 is 0. The molecule has 0 amide bonds. The van der Waals surface area contributed by atoms with Crippen LogP contribution in [0, 0.1) is 0 Å². The highest BCUT2D eigenvalue weighted by Crippen LogP contribution is 2.49. The van der Waals surface area contributed by atoms with Gasteiger partial charge in [0.1, 0.15) is 0 Å². The molecule has 1 saturated heterocycles. The van der Waals surface area contributed by atoms with E-state index >= 15 is 0 Å². The number of halogens is 1. The van der Waals surface area contributed by atoms with Crippen molar-refractivity contribution in [3.05, 3.63) is 126 Å². The summed E-state index contributed by atoms with van der Waals surface area (Å²) in [6, 6.07) is 35.7. The molecule has 7 rings (SSSR count). The molecular formula is C42H48ClN3O4S2. The number of piperidine rings is 1. The molecular weight excluding hydrogens is 710 g/mol. The van der Waals surface area contributed by atoms with Crippen LogP contribution < -0.4 is 4.90 Å². The van der Waals surface area contributed by atoms with Gasteiger partial charge in [-0.25, -0.2) is 9.59 Å². The first-order chi connectivity index (χ1) is 24.7. The Bertz CT molecular complexity index is 1780. The Kier molecular flexibility index (Phi) is 15.5. The fourth-order valence-electron chi connectivity index (χ4n) is 6.65. The molecule has 4 aromatic carbocycles. The van der Waals surface area contributed by atoms with Crippen LogP contribution in [0.4, 0.5) is 11.4 Å². The number of carboxylic acid groups (broad SMARTS) is 2. The smallest absolute Gasteiger partial charge is 0.328 e. The van der Waals surface area contributed by atoms with Crippen LogP contribution in [-0.2, 0) is 9.59 Å². The third-order valence-electron chi connectivity index (χ3n) is 9.26. The lowest BCUT2D eigenvalue weighted by Gasteiger charge is -2.37. The zero-order valence-corrected chi connectivity index (χ0v) is 32.6. The number of carboxylic acids is 2. The standard InChI is InChI=1S/C19H24N2S.C19H19NS.C4H4O4.ClH/c1-4-20(5-2)15(3)14-21-16-10-6-8-12-18(16)22-19-13-9-7-11-17(19)21;1-20-12-10-14(11-13-20)19-15-6-2-4-8-17(15)21-18-9-5-3-7-16(18)19;5-3(6)1-2-4(7)8;/h6-13,15H,4-5,14H2,1-3H3;2-9H,10-13H2,1H3;1-2H,(H,5,6)(H,7,8);1H. The van der Waals surface area contributed by atoms with Crippen LogP contribution in [0.1, 0.15) is 44.7 Å². The third-order valence-corrected chi connectivity index (χ3v) is 11.5. The van der Waals surface area contributed by atoms with Gasteiger partial charge >= 0.3 is 11.9 Å². The minimum Gasteiger partial charge on any atom is -0.478 e. The van der Waals surface area contributed by atoms with Gasteiger partial charge in [0.15, 0.2) is 0 Å². The van der Waals surface area contributed by atoms with Crippen molar-refractivity contribution in [1.82, 2.24) is 9.80 Å². The molecule has 3 aliphatic heterocycles. The molecule has 7 nitrogen and oxygen atoms in total. The number of aliphatic carboxylic acids is 2. The number of anilines is 2. The predicted octanol–water partition coefficient (Wildman–Crippen LogP) is 9.83. The van der Waals surface area contributed by atoms with E-state index in [9.17, 15) is 9.59 Å². The van der Waals surface area contributed by atoms with Crippen molar-refractivity contribution in [2.75, 3.05) is 44.7 Å². The molecule has 1 unspecified atom stereocenters. The highest BCUT2D eigenvalue weighted by Gasteiger charge is 2.26. The minimum atomic E-state index is -1.26. The van der Waals surface area contributed by atoms with E-state index in [0.717, 1.165) is 19.6 Å². The van der Waals surface area contributed by atoms with Gasteiger partial charge in [0.25, 0.3) is 0 Å². The van der Waals surface area contributed by atoms with Gasteiger partial charge in [-0.05, 0) is 93.0 Å². The third kappa shape index (κ3) is 10.3. The van der Waals surface area contributed by atoms with Crippen LogP contribution in [0.3, 0.4) is 0 Å². The Morgan fingerprint density at radius 1 is 0.712 bits per heavy atom. The monoisotopic (exact) mass is 757 g/mol. The number of likely N-dealkylation sites (tertiary alicyclic amines) is 1. The molecule has 3 heterocycles. The van der Waals surface area contributed by atoms with Crippen molar-refractivity contribution >= 4 is 64.8 Å². The van der Waals surface area contributed by atoms with Gasteiger partial charge < -0.3 is 20.0 Å². The number of hydrogen-bond donors (Lipinski definition) is 2. The molecule has 274 valence electrons. The zero-order valence-electron chi connectivity index (χ0n) is 30.2. The van der Waals surface area contributed by atoms with Crippen LogP contribution >= 0.6 is 35.9 Å². The average molecular weight is 758 g/mol. The molecule has 52 heavy (non-hydrogen) atoms. The predicted molar refractivity (Wildman–Crippen MR) is 218 cm³/mol. The van der Waals surface area contributed by atoms with E-state index in [-0.39, 0.29) is 12.4 Å². The van der Waals surface area contributed by atoms with Gasteiger partial charge in [0.2, 0.25) is 0 Å². The summed E-state index contributed by atoms with van der Waals surface area (Å²) in [5.74, 6) is -2.51. The van der Waals surface area contributed by atoms with Crippen LogP contribution in [0.15, 0.2) is 134 Å². The van der Waals surface area contributed by atoms with Gasteiger partial charge in [-0.2, -0.15) is 0 Å². The molecule has 0 saturated carbocycles. The highest BCUT2D eigenvalue weighted by atomic mass is 35.5. The molecule has 0 spiro atoms. The fourth-order valence-corrected chi connectivity index (χ4v) is 8.84. The quantitative estimate of drug-likeness (QED) is 0.158. The molecule has 0 radical (unpaired) electrons. The lowest BCUT2D eigenvalue weighted by molar-refractivity contribution is -0.134. The lowest BCUT2D eigenvalue weighted by atomic mass is 9.88. The largest absolute Gasteiger partial charge is 0.478 e. The summed E-state index contributed by atoms with van der Waals surface area (Å²) in [6.07, 6.45) is 3.50. The maximum absolute atomic E-state index is 9.55. The van der Waals surface area contributed by atoms with E-state index in [4.69, 9.17) is 10.2 Å². The van der Waals surface area contributed by atoms with E-state index in [1.165, 1.54) is 73.6 Å². The first kappa shape index (κ1) is 40.8. The van der Waals surface area contributed by atoms with Gasteiger partial charge in [-0.3, -0.25) is 4.90 Å². The maximum atomic E-state index is 9.55. The van der Waals surface area contributed by atoms with E-state index < -0.39 is 11.9 Å². The number of fused-ring (bicyclic) bond motifs is 4. The second-order valence-electron chi connectivity index (χ2n) is 12.6. The van der Waals surface area contributed by atoms with Gasteiger partial charge in [0, 0.05) is 57.4 Å². The van der Waals surface area contributed by atoms with E-state index in [1.54, 1.807) is 5.57 Å². The highest BCUT2D eigenvalue weighted by molar-refractivity contribution is 8.00. The minimum absolute atomic E-state index is 0. The van der Waals surface area contributed by atoms with Crippen molar-refractivity contribution < 1.29 is 19.8 Å². The molecule has 1 atom stereocenters. The average Bonchev–Trinajstić information content (AvgIpc) is 3.14. The van der Waals surface area contributed by atoms with Crippen LogP contribution in [-0.4, -0.2) is 77.8 Å². The first-order valence-electron chi connectivity index (χ1n) is 17.5. The summed E-state index contributed by atoms with van der Waals surface area (Å²) in [7, 11) is 2.22. The summed E-state index contributed by atoms with van der Waals surface area (Å²) in [6.45, 7) is 12.4. The SMILES string of the molecule is CCN(CC)C(C)CN1c2ccccc2Sc2ccccc21.CN1CCC(=C2c3ccccc3Sc3ccccc32)CC1.Cl.O=C(O)C=CC(=O)O. The lowest BCUT2D eigenvalue weighted by Crippen LogP contribution is -2.41. The Labute approximate surface area is 322 Å². The topological polar surface area (TPSA) is 84.3 Å². The Morgan fingerprint density at radius 3 is 1.56 bits per heavy atom. The van der Waals surface area contributed by atoms with E-state index in [1.807, 2.05) is 23.5 Å². The number of carbonyl (C=O) groups is 2. The molecule has 0 aliphatic carbocycles. The van der Waals surface area contributed by atoms with Crippen molar-refractivity contribution in [2.45, 2.75) is 59.2 Å². The first-order valence-corrected chi connectivity index (χ1v) is 19.1. The van der Waals surface area contributed by atoms with Crippen LogP contribution in [0.5, 0.6) is 0 Å².